The van der Waals surface area contributed by atoms with Gasteiger partial charge in [0.2, 0.25) is 0 Å². The Morgan fingerprint density at radius 3 is 2.71 bits per heavy atom. The fourth-order valence-electron chi connectivity index (χ4n) is 3.00. The average molecular weight is 235 g/mol. The third-order valence-corrected chi connectivity index (χ3v) is 4.00. The quantitative estimate of drug-likeness (QED) is 0.823. The maximum Gasteiger partial charge on any atom is 0.120 e. The molecule has 1 saturated carbocycles. The second-order valence-corrected chi connectivity index (χ2v) is 5.41. The Bertz CT molecular complexity index is 299. The van der Waals surface area contributed by atoms with Gasteiger partial charge in [0.05, 0.1) is 12.3 Å². The van der Waals surface area contributed by atoms with Crippen molar-refractivity contribution in [3.05, 3.63) is 24.2 Å². The molecule has 1 atom stereocenters. The van der Waals surface area contributed by atoms with E-state index in [9.17, 15) is 0 Å². The maximum absolute atomic E-state index is 5.43. The van der Waals surface area contributed by atoms with Crippen LogP contribution in [0, 0.1) is 5.92 Å². The fourth-order valence-corrected chi connectivity index (χ4v) is 3.00. The minimum atomic E-state index is 0.345. The zero-order valence-electron chi connectivity index (χ0n) is 11.1. The summed E-state index contributed by atoms with van der Waals surface area (Å²) < 4.78 is 5.43. The standard InChI is InChI=1S/C15H25NO/c1-3-5-13-7-9-14(10-8-13)16-12(2)15-6-4-11-17-15/h4,6,11-14,16H,3,5,7-10H2,1-2H3. The van der Waals surface area contributed by atoms with E-state index in [-0.39, 0.29) is 0 Å². The molecule has 0 aromatic carbocycles. The first-order chi connectivity index (χ1) is 8.29. The van der Waals surface area contributed by atoms with Gasteiger partial charge in [-0.1, -0.05) is 19.8 Å². The molecule has 0 spiro atoms. The number of nitrogens with one attached hydrogen (secondary N) is 1. The molecule has 1 heterocycles. The van der Waals surface area contributed by atoms with Gasteiger partial charge >= 0.3 is 0 Å². The summed E-state index contributed by atoms with van der Waals surface area (Å²) in [5, 5.41) is 3.69. The third-order valence-electron chi connectivity index (χ3n) is 4.00. The van der Waals surface area contributed by atoms with Crippen LogP contribution < -0.4 is 5.32 Å². The van der Waals surface area contributed by atoms with E-state index in [0.29, 0.717) is 12.1 Å². The first-order valence-corrected chi connectivity index (χ1v) is 7.09. The van der Waals surface area contributed by atoms with E-state index >= 15 is 0 Å². The minimum Gasteiger partial charge on any atom is -0.468 e. The van der Waals surface area contributed by atoms with Crippen molar-refractivity contribution >= 4 is 0 Å². The molecule has 1 N–H and O–H groups in total. The summed E-state index contributed by atoms with van der Waals surface area (Å²) in [5.74, 6) is 2.04. The van der Waals surface area contributed by atoms with E-state index in [1.807, 2.05) is 6.07 Å². The summed E-state index contributed by atoms with van der Waals surface area (Å²) >= 11 is 0. The van der Waals surface area contributed by atoms with Gasteiger partial charge < -0.3 is 9.73 Å². The highest BCUT2D eigenvalue weighted by molar-refractivity contribution is 5.03. The van der Waals surface area contributed by atoms with E-state index in [2.05, 4.69) is 25.2 Å². The van der Waals surface area contributed by atoms with Crippen molar-refractivity contribution < 1.29 is 4.42 Å². The van der Waals surface area contributed by atoms with Crippen LogP contribution in [-0.4, -0.2) is 6.04 Å². The van der Waals surface area contributed by atoms with Crippen molar-refractivity contribution in [3.8, 4) is 0 Å². The van der Waals surface area contributed by atoms with Crippen LogP contribution >= 0.6 is 0 Å². The average Bonchev–Trinajstić information content (AvgIpc) is 2.86. The van der Waals surface area contributed by atoms with Crippen molar-refractivity contribution in [2.24, 2.45) is 5.92 Å². The van der Waals surface area contributed by atoms with Gasteiger partial charge in [-0.05, 0) is 50.7 Å². The highest BCUT2D eigenvalue weighted by Gasteiger charge is 2.22. The van der Waals surface area contributed by atoms with Crippen LogP contribution in [0.2, 0.25) is 0 Å². The lowest BCUT2D eigenvalue weighted by Crippen LogP contribution is -2.34. The molecule has 1 aliphatic rings. The molecule has 0 aliphatic heterocycles. The van der Waals surface area contributed by atoms with Gasteiger partial charge in [0.1, 0.15) is 5.76 Å². The summed E-state index contributed by atoms with van der Waals surface area (Å²) in [7, 11) is 0. The lowest BCUT2D eigenvalue weighted by Gasteiger charge is -2.30. The van der Waals surface area contributed by atoms with E-state index in [1.54, 1.807) is 6.26 Å². The predicted molar refractivity (Wildman–Crippen MR) is 70.9 cm³/mol. The molecule has 2 rings (SSSR count). The fraction of sp³-hybridized carbons (Fsp3) is 0.733. The molecule has 0 bridgehead atoms. The predicted octanol–water partition coefficient (Wildman–Crippen LogP) is 4.29. The van der Waals surface area contributed by atoms with Crippen molar-refractivity contribution in [2.45, 2.75) is 64.5 Å². The molecular formula is C15H25NO. The Hall–Kier alpha value is -0.760. The van der Waals surface area contributed by atoms with E-state index < -0.39 is 0 Å². The summed E-state index contributed by atoms with van der Waals surface area (Å²) in [5.41, 5.74) is 0. The second kappa shape index (κ2) is 6.25. The van der Waals surface area contributed by atoms with Crippen LogP contribution in [0.3, 0.4) is 0 Å². The molecule has 96 valence electrons. The van der Waals surface area contributed by atoms with Gasteiger partial charge in [-0.25, -0.2) is 0 Å². The smallest absolute Gasteiger partial charge is 0.120 e. The number of hydrogen-bond acceptors (Lipinski definition) is 2. The summed E-state index contributed by atoms with van der Waals surface area (Å²) in [6.45, 7) is 4.49. The van der Waals surface area contributed by atoms with Gasteiger partial charge in [0.25, 0.3) is 0 Å². The second-order valence-electron chi connectivity index (χ2n) is 5.41. The van der Waals surface area contributed by atoms with Gasteiger partial charge in [0.15, 0.2) is 0 Å². The van der Waals surface area contributed by atoms with Crippen LogP contribution in [0.5, 0.6) is 0 Å². The topological polar surface area (TPSA) is 25.2 Å². The van der Waals surface area contributed by atoms with Crippen molar-refractivity contribution in [2.75, 3.05) is 0 Å². The third kappa shape index (κ3) is 3.60. The normalized spacial score (nSPS) is 26.9. The van der Waals surface area contributed by atoms with Crippen LogP contribution in [0.1, 0.15) is 64.2 Å². The van der Waals surface area contributed by atoms with E-state index in [0.717, 1.165) is 11.7 Å². The molecule has 0 radical (unpaired) electrons. The van der Waals surface area contributed by atoms with Crippen LogP contribution in [0.4, 0.5) is 0 Å². The van der Waals surface area contributed by atoms with Crippen LogP contribution in [0.15, 0.2) is 22.8 Å². The SMILES string of the molecule is CCCC1CCC(NC(C)c2ccco2)CC1. The van der Waals surface area contributed by atoms with E-state index in [1.165, 1.54) is 38.5 Å². The molecule has 17 heavy (non-hydrogen) atoms. The molecule has 1 fully saturated rings. The monoisotopic (exact) mass is 235 g/mol. The Morgan fingerprint density at radius 1 is 1.35 bits per heavy atom. The molecule has 0 saturated heterocycles. The van der Waals surface area contributed by atoms with Crippen molar-refractivity contribution in [1.82, 2.24) is 5.32 Å². The number of rotatable bonds is 5. The molecule has 1 aliphatic carbocycles. The zero-order valence-corrected chi connectivity index (χ0v) is 11.1. The van der Waals surface area contributed by atoms with Crippen LogP contribution in [-0.2, 0) is 0 Å². The summed E-state index contributed by atoms with van der Waals surface area (Å²) in [6.07, 6.45) is 9.97. The first-order valence-electron chi connectivity index (χ1n) is 7.09. The van der Waals surface area contributed by atoms with E-state index in [4.69, 9.17) is 4.42 Å². The largest absolute Gasteiger partial charge is 0.468 e. The maximum atomic E-state index is 5.43. The molecule has 1 aromatic heterocycles. The summed E-state index contributed by atoms with van der Waals surface area (Å²) in [4.78, 5) is 0. The minimum absolute atomic E-state index is 0.345. The van der Waals surface area contributed by atoms with Crippen molar-refractivity contribution in [3.63, 3.8) is 0 Å². The molecule has 0 amide bonds. The molecular weight excluding hydrogens is 210 g/mol. The van der Waals surface area contributed by atoms with Crippen LogP contribution in [0.25, 0.3) is 0 Å². The lowest BCUT2D eigenvalue weighted by atomic mass is 9.83. The lowest BCUT2D eigenvalue weighted by molar-refractivity contribution is 0.258. The Kier molecular flexibility index (Phi) is 4.66. The van der Waals surface area contributed by atoms with Gasteiger partial charge in [-0.2, -0.15) is 0 Å². The highest BCUT2D eigenvalue weighted by Crippen LogP contribution is 2.29. The summed E-state index contributed by atoms with van der Waals surface area (Å²) in [6, 6.07) is 5.05. The molecule has 1 aromatic rings. The number of furan rings is 1. The van der Waals surface area contributed by atoms with Crippen molar-refractivity contribution in [1.29, 1.82) is 0 Å². The number of hydrogen-bond donors (Lipinski definition) is 1. The zero-order chi connectivity index (χ0) is 12.1. The van der Waals surface area contributed by atoms with Gasteiger partial charge in [-0.15, -0.1) is 0 Å². The molecule has 2 heteroatoms. The highest BCUT2D eigenvalue weighted by atomic mass is 16.3. The molecule has 2 nitrogen and oxygen atoms in total. The first kappa shape index (κ1) is 12.7. The molecule has 1 unspecified atom stereocenters. The Labute approximate surface area is 105 Å². The van der Waals surface area contributed by atoms with Gasteiger partial charge in [-0.3, -0.25) is 0 Å². The Balaban J connectivity index is 1.74. The van der Waals surface area contributed by atoms with Gasteiger partial charge in [0, 0.05) is 6.04 Å². The Morgan fingerprint density at radius 2 is 2.12 bits per heavy atom.